The number of carbonyl (C=O) groups excluding carboxylic acids is 1. The number of nitrogens with one attached hydrogen (secondary N) is 1. The van der Waals surface area contributed by atoms with E-state index in [1.165, 1.54) is 51.0 Å². The highest BCUT2D eigenvalue weighted by atomic mass is 16.5. The van der Waals surface area contributed by atoms with Crippen LogP contribution in [0.2, 0.25) is 0 Å². The molecule has 1 saturated carbocycles. The van der Waals surface area contributed by atoms with Gasteiger partial charge in [-0.05, 0) is 75.6 Å². The smallest absolute Gasteiger partial charge is 0.248 e. The molecular weight excluding hydrogens is 466 g/mol. The van der Waals surface area contributed by atoms with Crippen LogP contribution < -0.4 is 10.3 Å². The Kier molecular flexibility index (Phi) is 10.4. The number of H-pyrrole nitrogens is 1. The molecule has 2 heterocycles. The number of piperidine rings is 1. The molecule has 204 valence electrons. The number of nitrogens with zero attached hydrogens (tertiary/aromatic N) is 2. The van der Waals surface area contributed by atoms with E-state index >= 15 is 0 Å². The summed E-state index contributed by atoms with van der Waals surface area (Å²) in [7, 11) is 0. The second-order valence-electron chi connectivity index (χ2n) is 11.0. The van der Waals surface area contributed by atoms with E-state index in [2.05, 4.69) is 21.7 Å². The number of hydrogen-bond donors (Lipinski definition) is 2. The van der Waals surface area contributed by atoms with Crippen LogP contribution in [0.3, 0.4) is 0 Å². The molecule has 0 radical (unpaired) electrons. The lowest BCUT2D eigenvalue weighted by atomic mass is 9.90. The Morgan fingerprint density at radius 1 is 1.05 bits per heavy atom. The summed E-state index contributed by atoms with van der Waals surface area (Å²) in [6.45, 7) is 5.29. The van der Waals surface area contributed by atoms with E-state index in [0.29, 0.717) is 18.9 Å². The summed E-state index contributed by atoms with van der Waals surface area (Å²) in [6.07, 6.45) is 12.6. The molecule has 2 aliphatic rings. The summed E-state index contributed by atoms with van der Waals surface area (Å²) in [5.41, 5.74) is 0.689. The Morgan fingerprint density at radius 2 is 1.78 bits per heavy atom. The Morgan fingerprint density at radius 3 is 2.54 bits per heavy atom. The monoisotopic (exact) mass is 511 g/mol. The van der Waals surface area contributed by atoms with Crippen LogP contribution in [-0.2, 0) is 4.79 Å². The summed E-state index contributed by atoms with van der Waals surface area (Å²) < 4.78 is 5.94. The van der Waals surface area contributed by atoms with Crippen molar-refractivity contribution in [2.75, 3.05) is 26.2 Å². The number of ether oxygens (including phenoxy) is 1. The minimum atomic E-state index is -0.205. The van der Waals surface area contributed by atoms with Crippen molar-refractivity contribution in [2.24, 2.45) is 5.92 Å². The predicted octanol–water partition coefficient (Wildman–Crippen LogP) is 5.07. The predicted molar refractivity (Wildman–Crippen MR) is 148 cm³/mol. The number of aliphatic hydroxyl groups excluding tert-OH is 1. The second-order valence-corrected chi connectivity index (χ2v) is 11.0. The summed E-state index contributed by atoms with van der Waals surface area (Å²) >= 11 is 0. The van der Waals surface area contributed by atoms with E-state index in [4.69, 9.17) is 4.74 Å². The molecular formula is C30H45N3O4. The highest BCUT2D eigenvalue weighted by Gasteiger charge is 2.30. The number of pyridine rings is 1. The molecule has 7 nitrogen and oxygen atoms in total. The molecule has 2 fully saturated rings. The lowest BCUT2D eigenvalue weighted by Crippen LogP contribution is -2.53. The van der Waals surface area contributed by atoms with Gasteiger partial charge in [-0.25, -0.2) is 0 Å². The quantitative estimate of drug-likeness (QED) is 0.435. The number of benzene rings is 1. The maximum absolute atomic E-state index is 13.5. The molecule has 1 unspecified atom stereocenters. The molecule has 1 aliphatic carbocycles. The van der Waals surface area contributed by atoms with Gasteiger partial charge < -0.3 is 19.7 Å². The number of likely N-dealkylation sites (tertiary alicyclic amines) is 1. The summed E-state index contributed by atoms with van der Waals surface area (Å²) in [4.78, 5) is 32.3. The minimum Gasteiger partial charge on any atom is -0.494 e. The molecule has 0 bridgehead atoms. The molecule has 0 spiro atoms. The van der Waals surface area contributed by atoms with Crippen LogP contribution in [-0.4, -0.2) is 64.3 Å². The zero-order valence-electron chi connectivity index (χ0n) is 22.5. The fraction of sp³-hybridized carbons (Fsp3) is 0.667. The molecule has 1 aromatic carbocycles. The van der Waals surface area contributed by atoms with E-state index < -0.39 is 0 Å². The topological polar surface area (TPSA) is 85.9 Å². The minimum absolute atomic E-state index is 0.0748. The first-order chi connectivity index (χ1) is 18.0. The van der Waals surface area contributed by atoms with Gasteiger partial charge in [0.05, 0.1) is 18.9 Å². The molecule has 1 aromatic heterocycles. The van der Waals surface area contributed by atoms with Gasteiger partial charge in [-0.1, -0.05) is 32.1 Å². The summed E-state index contributed by atoms with van der Waals surface area (Å²) in [5, 5.41) is 10.9. The molecule has 1 amide bonds. The number of aromatic amines is 1. The van der Waals surface area contributed by atoms with Crippen molar-refractivity contribution >= 4 is 16.8 Å². The SMILES string of the molecule is CC(N1CCC(O)CC1)N(CC1CCCCCCC1)C(=O)CCCCOc1ccc2[nH]c(=O)ccc2c1. The van der Waals surface area contributed by atoms with Crippen LogP contribution in [0.4, 0.5) is 0 Å². The third kappa shape index (κ3) is 8.30. The maximum Gasteiger partial charge on any atom is 0.248 e. The van der Waals surface area contributed by atoms with Gasteiger partial charge in [0.1, 0.15) is 5.75 Å². The van der Waals surface area contributed by atoms with Crippen molar-refractivity contribution in [3.05, 3.63) is 40.7 Å². The van der Waals surface area contributed by atoms with Crippen molar-refractivity contribution < 1.29 is 14.6 Å². The van der Waals surface area contributed by atoms with Gasteiger partial charge in [0.15, 0.2) is 0 Å². The zero-order valence-corrected chi connectivity index (χ0v) is 22.5. The number of carbonyl (C=O) groups is 1. The van der Waals surface area contributed by atoms with Gasteiger partial charge in [0, 0.05) is 43.0 Å². The molecule has 4 rings (SSSR count). The van der Waals surface area contributed by atoms with Gasteiger partial charge in [-0.15, -0.1) is 0 Å². The fourth-order valence-corrected chi connectivity index (χ4v) is 5.85. The molecule has 2 N–H and O–H groups in total. The van der Waals surface area contributed by atoms with Crippen molar-refractivity contribution in [3.8, 4) is 5.75 Å². The van der Waals surface area contributed by atoms with Crippen LogP contribution in [0.25, 0.3) is 10.9 Å². The van der Waals surface area contributed by atoms with Gasteiger partial charge in [-0.2, -0.15) is 0 Å². The van der Waals surface area contributed by atoms with Crippen molar-refractivity contribution in [1.82, 2.24) is 14.8 Å². The number of aliphatic hydroxyl groups is 1. The van der Waals surface area contributed by atoms with Gasteiger partial charge in [-0.3, -0.25) is 14.5 Å². The zero-order chi connectivity index (χ0) is 26.0. The number of fused-ring (bicyclic) bond motifs is 1. The molecule has 1 atom stereocenters. The van der Waals surface area contributed by atoms with Gasteiger partial charge in [0.2, 0.25) is 11.5 Å². The standard InChI is InChI=1S/C30H45N3O4/c1-23(32-18-16-26(34)17-19-32)33(22-24-9-5-3-2-4-6-10-24)30(36)11-7-8-20-37-27-13-14-28-25(21-27)12-15-29(35)31-28/h12-15,21,23-24,26,34H,2-11,16-20,22H2,1H3,(H,31,35). The van der Waals surface area contributed by atoms with Gasteiger partial charge >= 0.3 is 0 Å². The molecule has 1 saturated heterocycles. The number of unbranched alkanes of at least 4 members (excludes halogenated alkanes) is 1. The average molecular weight is 512 g/mol. The summed E-state index contributed by atoms with van der Waals surface area (Å²) in [6, 6.07) is 8.99. The second kappa shape index (κ2) is 14.0. The lowest BCUT2D eigenvalue weighted by molar-refractivity contribution is -0.139. The van der Waals surface area contributed by atoms with Crippen molar-refractivity contribution in [2.45, 2.75) is 96.2 Å². The van der Waals surface area contributed by atoms with E-state index in [1.54, 1.807) is 6.07 Å². The molecule has 37 heavy (non-hydrogen) atoms. The molecule has 1 aliphatic heterocycles. The number of hydrogen-bond acceptors (Lipinski definition) is 5. The average Bonchev–Trinajstić information content (AvgIpc) is 2.88. The largest absolute Gasteiger partial charge is 0.494 e. The molecule has 2 aromatic rings. The highest BCUT2D eigenvalue weighted by Crippen LogP contribution is 2.26. The van der Waals surface area contributed by atoms with Crippen LogP contribution in [0.5, 0.6) is 5.75 Å². The van der Waals surface area contributed by atoms with Crippen molar-refractivity contribution in [1.29, 1.82) is 0 Å². The Balaban J connectivity index is 1.28. The number of rotatable bonds is 10. The fourth-order valence-electron chi connectivity index (χ4n) is 5.85. The Labute approximate surface area is 221 Å². The third-order valence-corrected chi connectivity index (χ3v) is 8.23. The van der Waals surface area contributed by atoms with Crippen LogP contribution in [0.15, 0.2) is 35.1 Å². The maximum atomic E-state index is 13.5. The number of amides is 1. The van der Waals surface area contributed by atoms with E-state index in [0.717, 1.165) is 62.0 Å². The number of aromatic nitrogens is 1. The first kappa shape index (κ1) is 27.6. The Hall–Kier alpha value is -2.38. The van der Waals surface area contributed by atoms with E-state index in [1.807, 2.05) is 18.2 Å². The normalized spacial score (nSPS) is 19.3. The third-order valence-electron chi connectivity index (χ3n) is 8.23. The van der Waals surface area contributed by atoms with Crippen LogP contribution in [0, 0.1) is 5.92 Å². The molecule has 7 heteroatoms. The van der Waals surface area contributed by atoms with Gasteiger partial charge in [0.25, 0.3) is 0 Å². The van der Waals surface area contributed by atoms with Crippen LogP contribution >= 0.6 is 0 Å². The van der Waals surface area contributed by atoms with Crippen LogP contribution in [0.1, 0.15) is 84.0 Å². The Bertz CT molecular complexity index is 1040. The first-order valence-corrected chi connectivity index (χ1v) is 14.5. The lowest BCUT2D eigenvalue weighted by Gasteiger charge is -2.42. The first-order valence-electron chi connectivity index (χ1n) is 14.5. The highest BCUT2D eigenvalue weighted by molar-refractivity contribution is 5.79. The van der Waals surface area contributed by atoms with E-state index in [-0.39, 0.29) is 23.7 Å². The van der Waals surface area contributed by atoms with Crippen molar-refractivity contribution in [3.63, 3.8) is 0 Å². The summed E-state index contributed by atoms with van der Waals surface area (Å²) in [5.74, 6) is 1.61. The van der Waals surface area contributed by atoms with E-state index in [9.17, 15) is 14.7 Å².